The van der Waals surface area contributed by atoms with Crippen LogP contribution < -0.4 is 4.74 Å². The van der Waals surface area contributed by atoms with E-state index in [0.29, 0.717) is 10.6 Å². The molecule has 20 heavy (non-hydrogen) atoms. The number of carbonyl (C=O) groups excluding carboxylic acids is 1. The minimum absolute atomic E-state index is 0.159. The molecule has 0 saturated heterocycles. The highest BCUT2D eigenvalue weighted by Gasteiger charge is 2.18. The maximum Gasteiger partial charge on any atom is 0.346 e. The van der Waals surface area contributed by atoms with Gasteiger partial charge in [-0.2, -0.15) is 0 Å². The maximum atomic E-state index is 11.3. The molecule has 0 spiro atoms. The molecule has 1 aromatic carbocycles. The van der Waals surface area contributed by atoms with Crippen LogP contribution in [0.2, 0.25) is 10.0 Å². The van der Waals surface area contributed by atoms with Gasteiger partial charge in [-0.05, 0) is 25.1 Å². The van der Waals surface area contributed by atoms with Gasteiger partial charge in [0.05, 0.1) is 12.1 Å². The molecule has 0 aromatic heterocycles. The summed E-state index contributed by atoms with van der Waals surface area (Å²) >= 11 is 11.8. The van der Waals surface area contributed by atoms with E-state index >= 15 is 0 Å². The summed E-state index contributed by atoms with van der Waals surface area (Å²) in [5, 5.41) is 9.13. The van der Waals surface area contributed by atoms with Crippen LogP contribution in [0.1, 0.15) is 12.5 Å². The van der Waals surface area contributed by atoms with Crippen molar-refractivity contribution in [3.05, 3.63) is 33.8 Å². The van der Waals surface area contributed by atoms with Gasteiger partial charge in [0.25, 0.3) is 0 Å². The number of halogens is 2. The standard InChI is InChI=1S/C13H12Cl2O5/c1-7(13(18)19-2)20-12-8(3-4-11(16)17)5-9(14)6-10(12)15/h3-7H,1-2H3,(H,16,17). The summed E-state index contributed by atoms with van der Waals surface area (Å²) < 4.78 is 9.95. The van der Waals surface area contributed by atoms with Gasteiger partial charge in [-0.25, -0.2) is 9.59 Å². The van der Waals surface area contributed by atoms with Crippen LogP contribution in [0.3, 0.4) is 0 Å². The molecule has 0 heterocycles. The molecule has 0 aliphatic rings. The highest BCUT2D eigenvalue weighted by Crippen LogP contribution is 2.34. The minimum Gasteiger partial charge on any atom is -0.478 e. The van der Waals surface area contributed by atoms with Crippen LogP contribution in [-0.4, -0.2) is 30.3 Å². The smallest absolute Gasteiger partial charge is 0.346 e. The van der Waals surface area contributed by atoms with Gasteiger partial charge in [0, 0.05) is 16.7 Å². The van der Waals surface area contributed by atoms with Crippen molar-refractivity contribution < 1.29 is 24.2 Å². The predicted molar refractivity (Wildman–Crippen MR) is 75.2 cm³/mol. The Balaban J connectivity index is 3.16. The van der Waals surface area contributed by atoms with Crippen molar-refractivity contribution in [2.75, 3.05) is 7.11 Å². The predicted octanol–water partition coefficient (Wildman–Crippen LogP) is 3.03. The fourth-order valence-corrected chi connectivity index (χ4v) is 1.93. The van der Waals surface area contributed by atoms with Crippen LogP contribution in [0.5, 0.6) is 5.75 Å². The second kappa shape index (κ2) is 7.17. The number of aliphatic carboxylic acids is 1. The number of hydrogen-bond acceptors (Lipinski definition) is 4. The number of carboxylic acid groups (broad SMARTS) is 1. The number of carboxylic acids is 1. The number of hydrogen-bond donors (Lipinski definition) is 1. The van der Waals surface area contributed by atoms with Crippen molar-refractivity contribution in [1.82, 2.24) is 0 Å². The summed E-state index contributed by atoms with van der Waals surface area (Å²) in [7, 11) is 1.23. The molecule has 1 unspecified atom stereocenters. The molecule has 1 aromatic rings. The molecule has 0 fully saturated rings. The molecule has 1 rings (SSSR count). The van der Waals surface area contributed by atoms with Gasteiger partial charge < -0.3 is 14.6 Å². The van der Waals surface area contributed by atoms with Crippen molar-refractivity contribution in [1.29, 1.82) is 0 Å². The van der Waals surface area contributed by atoms with Gasteiger partial charge >= 0.3 is 11.9 Å². The fourth-order valence-electron chi connectivity index (χ4n) is 1.38. The lowest BCUT2D eigenvalue weighted by Crippen LogP contribution is -2.25. The highest BCUT2D eigenvalue weighted by molar-refractivity contribution is 6.36. The maximum absolute atomic E-state index is 11.3. The second-order valence-corrected chi connectivity index (χ2v) is 4.60. The normalized spacial score (nSPS) is 12.2. The van der Waals surface area contributed by atoms with E-state index in [9.17, 15) is 9.59 Å². The van der Waals surface area contributed by atoms with Crippen LogP contribution >= 0.6 is 23.2 Å². The SMILES string of the molecule is COC(=O)C(C)Oc1c(Cl)cc(Cl)cc1C=CC(=O)O. The minimum atomic E-state index is -1.13. The van der Waals surface area contributed by atoms with Gasteiger partial charge in [0.1, 0.15) is 5.75 Å². The highest BCUT2D eigenvalue weighted by atomic mass is 35.5. The Morgan fingerprint density at radius 3 is 2.55 bits per heavy atom. The number of benzene rings is 1. The van der Waals surface area contributed by atoms with E-state index in [1.54, 1.807) is 0 Å². The first-order valence-corrected chi connectivity index (χ1v) is 6.25. The summed E-state index contributed by atoms with van der Waals surface area (Å²) in [6, 6.07) is 2.91. The molecule has 7 heteroatoms. The molecule has 0 bridgehead atoms. The van der Waals surface area contributed by atoms with Gasteiger partial charge in [-0.15, -0.1) is 0 Å². The molecule has 0 aliphatic carbocycles. The lowest BCUT2D eigenvalue weighted by Gasteiger charge is -2.16. The third-order valence-corrected chi connectivity index (χ3v) is 2.77. The number of rotatable bonds is 5. The van der Waals surface area contributed by atoms with Crippen molar-refractivity contribution >= 4 is 41.2 Å². The van der Waals surface area contributed by atoms with Crippen molar-refractivity contribution in [3.63, 3.8) is 0 Å². The number of methoxy groups -OCH3 is 1. The first-order chi connectivity index (χ1) is 9.35. The lowest BCUT2D eigenvalue weighted by atomic mass is 10.2. The van der Waals surface area contributed by atoms with Gasteiger partial charge in [0.15, 0.2) is 6.10 Å². The van der Waals surface area contributed by atoms with Crippen molar-refractivity contribution in [2.45, 2.75) is 13.0 Å². The van der Waals surface area contributed by atoms with E-state index in [1.807, 2.05) is 0 Å². The second-order valence-electron chi connectivity index (χ2n) is 3.76. The number of ether oxygens (including phenoxy) is 2. The van der Waals surface area contributed by atoms with Crippen LogP contribution in [-0.2, 0) is 14.3 Å². The fraction of sp³-hybridized carbons (Fsp3) is 0.231. The topological polar surface area (TPSA) is 72.8 Å². The Morgan fingerprint density at radius 2 is 2.00 bits per heavy atom. The quantitative estimate of drug-likeness (QED) is 0.667. The average Bonchev–Trinajstić information content (AvgIpc) is 2.38. The molecule has 5 nitrogen and oxygen atoms in total. The van der Waals surface area contributed by atoms with Crippen LogP contribution in [0.4, 0.5) is 0 Å². The Kier molecular flexibility index (Phi) is 5.85. The van der Waals surface area contributed by atoms with E-state index in [-0.39, 0.29) is 10.8 Å². The van der Waals surface area contributed by atoms with E-state index in [0.717, 1.165) is 6.08 Å². The largest absolute Gasteiger partial charge is 0.478 e. The third-order valence-electron chi connectivity index (χ3n) is 2.27. The number of esters is 1. The van der Waals surface area contributed by atoms with Gasteiger partial charge in [-0.3, -0.25) is 0 Å². The molecule has 1 atom stereocenters. The molecular formula is C13H12Cl2O5. The molecule has 0 aliphatic heterocycles. The van der Waals surface area contributed by atoms with Crippen molar-refractivity contribution in [2.24, 2.45) is 0 Å². The number of carbonyl (C=O) groups is 2. The Bertz CT molecular complexity index is 554. The zero-order chi connectivity index (χ0) is 15.3. The molecule has 0 saturated carbocycles. The lowest BCUT2D eigenvalue weighted by molar-refractivity contribution is -0.147. The zero-order valence-corrected chi connectivity index (χ0v) is 12.2. The molecule has 1 N–H and O–H groups in total. The van der Waals surface area contributed by atoms with Gasteiger partial charge in [0.2, 0.25) is 0 Å². The average molecular weight is 319 g/mol. The van der Waals surface area contributed by atoms with E-state index in [2.05, 4.69) is 4.74 Å². The summed E-state index contributed by atoms with van der Waals surface area (Å²) in [6.07, 6.45) is 1.30. The first kappa shape index (κ1) is 16.3. The summed E-state index contributed by atoms with van der Waals surface area (Å²) in [6.45, 7) is 1.49. The Hall–Kier alpha value is -1.72. The van der Waals surface area contributed by atoms with Crippen LogP contribution in [0.15, 0.2) is 18.2 Å². The Labute approximate surface area is 125 Å². The Morgan fingerprint density at radius 1 is 1.35 bits per heavy atom. The van der Waals surface area contributed by atoms with Crippen LogP contribution in [0.25, 0.3) is 6.08 Å². The third kappa shape index (κ3) is 4.43. The molecule has 108 valence electrons. The monoisotopic (exact) mass is 318 g/mol. The molecular weight excluding hydrogens is 307 g/mol. The summed E-state index contributed by atoms with van der Waals surface area (Å²) in [5.41, 5.74) is 0.348. The van der Waals surface area contributed by atoms with Crippen LogP contribution in [0, 0.1) is 0 Å². The van der Waals surface area contributed by atoms with Gasteiger partial charge in [-0.1, -0.05) is 23.2 Å². The summed E-state index contributed by atoms with van der Waals surface area (Å²) in [5.74, 6) is -1.55. The summed E-state index contributed by atoms with van der Waals surface area (Å²) in [4.78, 5) is 21.9. The molecule has 0 amide bonds. The van der Waals surface area contributed by atoms with Crippen molar-refractivity contribution in [3.8, 4) is 5.75 Å². The van der Waals surface area contributed by atoms with E-state index < -0.39 is 18.0 Å². The van der Waals surface area contributed by atoms with E-state index in [1.165, 1.54) is 32.2 Å². The van der Waals surface area contributed by atoms with E-state index in [4.69, 9.17) is 33.0 Å². The zero-order valence-electron chi connectivity index (χ0n) is 10.7. The first-order valence-electron chi connectivity index (χ1n) is 5.49. The molecule has 0 radical (unpaired) electrons.